The van der Waals surface area contributed by atoms with Gasteiger partial charge in [-0.05, 0) is 42.8 Å². The largest absolute Gasteiger partial charge is 0.489 e. The molecule has 0 fully saturated rings. The minimum absolute atomic E-state index is 0.187. The quantitative estimate of drug-likeness (QED) is 0.445. The Bertz CT molecular complexity index is 1330. The molecule has 0 bridgehead atoms. The number of aryl methyl sites for hydroxylation is 1. The number of nitrogens with zero attached hydrogens (tertiary/aromatic N) is 2. The van der Waals surface area contributed by atoms with Crippen molar-refractivity contribution in [3.63, 3.8) is 0 Å². The molecule has 2 atom stereocenters. The van der Waals surface area contributed by atoms with Gasteiger partial charge in [-0.3, -0.25) is 4.79 Å². The monoisotopic (exact) mass is 464 g/mol. The van der Waals surface area contributed by atoms with E-state index in [-0.39, 0.29) is 15.8 Å². The zero-order chi connectivity index (χ0) is 22.4. The van der Waals surface area contributed by atoms with E-state index in [0.29, 0.717) is 17.0 Å². The molecule has 0 spiro atoms. The lowest BCUT2D eigenvalue weighted by Gasteiger charge is -2.21. The fourth-order valence-corrected chi connectivity index (χ4v) is 4.61. The van der Waals surface area contributed by atoms with Gasteiger partial charge in [0.2, 0.25) is 11.1 Å². The van der Waals surface area contributed by atoms with Crippen LogP contribution in [0.25, 0.3) is 16.6 Å². The Labute approximate surface area is 178 Å². The lowest BCUT2D eigenvalue weighted by molar-refractivity contribution is 0.0687. The molecule has 0 saturated heterocycles. The minimum Gasteiger partial charge on any atom is -0.489 e. The van der Waals surface area contributed by atoms with Gasteiger partial charge in [0.05, 0.1) is 26.5 Å². The van der Waals surface area contributed by atoms with E-state index in [9.17, 15) is 23.1 Å². The van der Waals surface area contributed by atoms with Gasteiger partial charge in [0.1, 0.15) is 5.75 Å². The number of carboxylic acid groups (broad SMARTS) is 1. The number of aromatic carboxylic acids is 1. The molecule has 2 unspecified atom stereocenters. The number of sulfone groups is 1. The van der Waals surface area contributed by atoms with Crippen molar-refractivity contribution in [3.8, 4) is 11.4 Å². The van der Waals surface area contributed by atoms with Crippen molar-refractivity contribution in [1.29, 1.82) is 0 Å². The second-order valence-electron chi connectivity index (χ2n) is 7.05. The standard InChI is InChI=1S/C18H19BN2O6P2S/c1-9-3-8-12-13(16(9)30(2,25)26)15(22)14(17(23)24)20-21(12)10-4-6-11(7-5-10)27-18(19,28)29/h3-8H,19,28-29H2,1-2H3,(H,23,24). The van der Waals surface area contributed by atoms with Gasteiger partial charge >= 0.3 is 5.97 Å². The third kappa shape index (κ3) is 4.41. The number of hydrogen-bond donors (Lipinski definition) is 1. The van der Waals surface area contributed by atoms with Crippen LogP contribution in [0.15, 0.2) is 46.1 Å². The molecule has 8 nitrogen and oxygen atoms in total. The molecule has 2 aromatic carbocycles. The van der Waals surface area contributed by atoms with E-state index in [4.69, 9.17) is 4.74 Å². The number of carboxylic acids is 1. The highest BCUT2D eigenvalue weighted by molar-refractivity contribution is 7.91. The molecule has 0 amide bonds. The van der Waals surface area contributed by atoms with E-state index in [0.717, 1.165) is 6.26 Å². The molecule has 30 heavy (non-hydrogen) atoms. The molecule has 0 saturated carbocycles. The van der Waals surface area contributed by atoms with Crippen molar-refractivity contribution in [1.82, 2.24) is 9.78 Å². The highest BCUT2D eigenvalue weighted by atomic mass is 32.2. The molecular weight excluding hydrogens is 445 g/mol. The molecule has 0 aliphatic heterocycles. The van der Waals surface area contributed by atoms with Gasteiger partial charge in [0.15, 0.2) is 17.7 Å². The number of rotatable bonds is 5. The first-order valence-corrected chi connectivity index (χ1v) is 11.7. The second kappa shape index (κ2) is 7.76. The summed E-state index contributed by atoms with van der Waals surface area (Å²) < 4.78 is 31.7. The summed E-state index contributed by atoms with van der Waals surface area (Å²) in [6.07, 6.45) is 0.980. The molecule has 12 heteroatoms. The van der Waals surface area contributed by atoms with Crippen LogP contribution < -0.4 is 10.2 Å². The maximum Gasteiger partial charge on any atom is 0.360 e. The van der Waals surface area contributed by atoms with E-state index in [1.54, 1.807) is 43.3 Å². The average Bonchev–Trinajstić information content (AvgIpc) is 2.60. The summed E-state index contributed by atoms with van der Waals surface area (Å²) in [5.74, 6) is -0.985. The van der Waals surface area contributed by atoms with Crippen molar-refractivity contribution in [2.24, 2.45) is 0 Å². The van der Waals surface area contributed by atoms with Crippen LogP contribution in [0.5, 0.6) is 5.75 Å². The summed E-state index contributed by atoms with van der Waals surface area (Å²) in [7, 11) is 3.08. The van der Waals surface area contributed by atoms with Gasteiger partial charge in [-0.15, -0.1) is 0 Å². The van der Waals surface area contributed by atoms with Gasteiger partial charge < -0.3 is 9.84 Å². The van der Waals surface area contributed by atoms with Crippen molar-refractivity contribution in [2.45, 2.75) is 16.8 Å². The van der Waals surface area contributed by atoms with Crippen LogP contribution in [-0.2, 0) is 9.84 Å². The Hall–Kier alpha value is -2.28. The van der Waals surface area contributed by atoms with Crippen molar-refractivity contribution in [2.75, 3.05) is 6.26 Å². The molecule has 0 aliphatic carbocycles. The molecule has 3 rings (SSSR count). The number of aromatic nitrogens is 2. The molecule has 0 radical (unpaired) electrons. The van der Waals surface area contributed by atoms with E-state index >= 15 is 0 Å². The van der Waals surface area contributed by atoms with E-state index in [2.05, 4.69) is 23.6 Å². The van der Waals surface area contributed by atoms with E-state index < -0.39 is 31.9 Å². The van der Waals surface area contributed by atoms with Crippen LogP contribution in [0.3, 0.4) is 0 Å². The summed E-state index contributed by atoms with van der Waals surface area (Å²) in [5.41, 5.74) is -0.737. The van der Waals surface area contributed by atoms with E-state index in [1.165, 1.54) is 4.68 Å². The zero-order valence-electron chi connectivity index (χ0n) is 16.4. The second-order valence-corrected chi connectivity index (χ2v) is 12.0. The van der Waals surface area contributed by atoms with Gasteiger partial charge in [0, 0.05) is 6.26 Å². The molecule has 1 aromatic heterocycles. The number of hydrogen-bond acceptors (Lipinski definition) is 6. The summed E-state index contributed by atoms with van der Waals surface area (Å²) in [5, 5.41) is 13.3. The predicted octanol–water partition coefficient (Wildman–Crippen LogP) is 1.17. The first-order chi connectivity index (χ1) is 13.8. The Morgan fingerprint density at radius 1 is 1.20 bits per heavy atom. The Morgan fingerprint density at radius 3 is 2.30 bits per heavy atom. The van der Waals surface area contributed by atoms with Gasteiger partial charge in [-0.2, -0.15) is 5.10 Å². The fourth-order valence-electron chi connectivity index (χ4n) is 3.11. The summed E-state index contributed by atoms with van der Waals surface area (Å²) in [6, 6.07) is 9.71. The topological polar surface area (TPSA) is 116 Å². The van der Waals surface area contributed by atoms with Crippen molar-refractivity contribution >= 4 is 53.0 Å². The average molecular weight is 464 g/mol. The van der Waals surface area contributed by atoms with Gasteiger partial charge in [-0.25, -0.2) is 17.9 Å². The first kappa shape index (κ1) is 22.4. The molecular formula is C18H19BN2O6P2S. The van der Waals surface area contributed by atoms with Crippen LogP contribution in [0.4, 0.5) is 0 Å². The van der Waals surface area contributed by atoms with Crippen LogP contribution in [0, 0.1) is 6.92 Å². The van der Waals surface area contributed by atoms with Crippen molar-refractivity contribution < 1.29 is 23.1 Å². The SMILES string of the molecule is BC(P)(P)Oc1ccc(-n2nc(C(=O)O)c(=O)c3c(S(C)(=O)=O)c(C)ccc32)cc1. The van der Waals surface area contributed by atoms with Crippen LogP contribution in [0.1, 0.15) is 16.1 Å². The molecule has 156 valence electrons. The van der Waals surface area contributed by atoms with Crippen LogP contribution in [0.2, 0.25) is 0 Å². The van der Waals surface area contributed by atoms with Crippen LogP contribution >= 0.6 is 18.5 Å². The third-order valence-electron chi connectivity index (χ3n) is 4.20. The van der Waals surface area contributed by atoms with Crippen molar-refractivity contribution in [3.05, 3.63) is 57.9 Å². The van der Waals surface area contributed by atoms with Gasteiger partial charge in [-0.1, -0.05) is 24.5 Å². The highest BCUT2D eigenvalue weighted by Crippen LogP contribution is 2.29. The molecule has 1 N–H and O–H groups in total. The number of ether oxygens (including phenoxy) is 1. The number of carbonyl (C=O) groups is 1. The zero-order valence-corrected chi connectivity index (χ0v) is 19.5. The third-order valence-corrected chi connectivity index (χ3v) is 5.70. The van der Waals surface area contributed by atoms with Crippen LogP contribution in [-0.4, -0.2) is 48.4 Å². The molecule has 1 heterocycles. The number of fused-ring (bicyclic) bond motifs is 1. The Morgan fingerprint density at radius 2 is 1.80 bits per heavy atom. The minimum atomic E-state index is -3.81. The Balaban J connectivity index is 2.37. The maximum atomic E-state index is 12.8. The fraction of sp³-hybridized carbons (Fsp3) is 0.167. The molecule has 3 aromatic rings. The summed E-state index contributed by atoms with van der Waals surface area (Å²) in [6.45, 7) is 1.55. The van der Waals surface area contributed by atoms with E-state index in [1.807, 2.05) is 7.85 Å². The normalized spacial score (nSPS) is 12.1. The first-order valence-electron chi connectivity index (χ1n) is 8.67. The Kier molecular flexibility index (Phi) is 5.80. The maximum absolute atomic E-state index is 12.8. The summed E-state index contributed by atoms with van der Waals surface area (Å²) >= 11 is 0. The lowest BCUT2D eigenvalue weighted by Crippen LogP contribution is -2.24. The lowest BCUT2D eigenvalue weighted by atomic mass is 10.1. The summed E-state index contributed by atoms with van der Waals surface area (Å²) in [4.78, 5) is 23.7. The molecule has 0 aliphatic rings. The van der Waals surface area contributed by atoms with Gasteiger partial charge in [0.25, 0.3) is 0 Å². The smallest absolute Gasteiger partial charge is 0.360 e. The highest BCUT2D eigenvalue weighted by Gasteiger charge is 2.24. The number of benzene rings is 2. The predicted molar refractivity (Wildman–Crippen MR) is 123 cm³/mol.